The Morgan fingerprint density at radius 3 is 2.32 bits per heavy atom. The summed E-state index contributed by atoms with van der Waals surface area (Å²) in [4.78, 5) is 7.18. The lowest BCUT2D eigenvalue weighted by molar-refractivity contribution is 0.279. The molecule has 0 bridgehead atoms. The van der Waals surface area contributed by atoms with E-state index in [1.165, 1.54) is 16.8 Å². The van der Waals surface area contributed by atoms with E-state index < -0.39 is 0 Å². The van der Waals surface area contributed by atoms with Crippen molar-refractivity contribution in [3.05, 3.63) is 65.7 Å². The van der Waals surface area contributed by atoms with Gasteiger partial charge in [0.25, 0.3) is 0 Å². The molecule has 0 aliphatic carbocycles. The number of rotatable bonds is 4. The van der Waals surface area contributed by atoms with Gasteiger partial charge in [0, 0.05) is 11.8 Å². The summed E-state index contributed by atoms with van der Waals surface area (Å²) < 4.78 is 0. The van der Waals surface area contributed by atoms with Gasteiger partial charge in [-0.1, -0.05) is 48.5 Å². The van der Waals surface area contributed by atoms with Crippen LogP contribution in [0.5, 0.6) is 0 Å². The Balaban J connectivity index is 2.19. The highest BCUT2D eigenvalue weighted by molar-refractivity contribution is 6.03. The molecule has 2 aromatic carbocycles. The molecule has 2 atom stereocenters. The maximum absolute atomic E-state index is 4.89. The molecule has 0 saturated carbocycles. The van der Waals surface area contributed by atoms with Crippen LogP contribution in [0.3, 0.4) is 0 Å². The minimum absolute atomic E-state index is 0.110. The van der Waals surface area contributed by atoms with E-state index >= 15 is 0 Å². The first-order valence-corrected chi connectivity index (χ1v) is 7.93. The topological polar surface area (TPSA) is 15.6 Å². The van der Waals surface area contributed by atoms with Gasteiger partial charge >= 0.3 is 0 Å². The maximum atomic E-state index is 4.89. The number of hydrogen-bond donors (Lipinski definition) is 0. The van der Waals surface area contributed by atoms with E-state index in [1.54, 1.807) is 0 Å². The highest BCUT2D eigenvalue weighted by Crippen LogP contribution is 2.47. The zero-order valence-corrected chi connectivity index (χ0v) is 13.9. The quantitative estimate of drug-likeness (QED) is 0.814. The molecule has 0 amide bonds. The Morgan fingerprint density at radius 1 is 1.00 bits per heavy atom. The summed E-state index contributed by atoms with van der Waals surface area (Å²) >= 11 is 0. The van der Waals surface area contributed by atoms with Crippen LogP contribution in [0.2, 0.25) is 0 Å². The predicted octanol–water partition coefficient (Wildman–Crippen LogP) is 4.42. The number of hydrogen-bond acceptors (Lipinski definition) is 2. The maximum Gasteiger partial charge on any atom is 0.0674 e. The third kappa shape index (κ3) is 2.28. The van der Waals surface area contributed by atoms with Crippen molar-refractivity contribution >= 4 is 11.4 Å². The fourth-order valence-corrected chi connectivity index (χ4v) is 3.49. The molecular formula is C20H24N2. The first kappa shape index (κ1) is 15.0. The van der Waals surface area contributed by atoms with Crippen molar-refractivity contribution in [2.45, 2.75) is 31.7 Å². The van der Waals surface area contributed by atoms with E-state index in [2.05, 4.69) is 87.4 Å². The molecule has 2 nitrogen and oxygen atoms in total. The predicted molar refractivity (Wildman–Crippen MR) is 94.2 cm³/mol. The lowest BCUT2D eigenvalue weighted by Crippen LogP contribution is -2.40. The van der Waals surface area contributed by atoms with Gasteiger partial charge in [-0.05, 0) is 51.6 Å². The Hall–Kier alpha value is -1.93. The van der Waals surface area contributed by atoms with E-state index in [1.807, 2.05) is 0 Å². The molecule has 0 radical (unpaired) electrons. The first-order valence-electron chi connectivity index (χ1n) is 7.93. The van der Waals surface area contributed by atoms with Crippen molar-refractivity contribution < 1.29 is 0 Å². The second kappa shape index (κ2) is 5.69. The van der Waals surface area contributed by atoms with Crippen LogP contribution in [0.15, 0.2) is 59.6 Å². The SMILES string of the molecule is CC1=Nc2ccccc2C1(CC(C)N(C)C)c1ccccc1. The van der Waals surface area contributed by atoms with Gasteiger partial charge in [0.1, 0.15) is 0 Å². The molecule has 0 saturated heterocycles. The van der Waals surface area contributed by atoms with Gasteiger partial charge in [-0.25, -0.2) is 0 Å². The average molecular weight is 292 g/mol. The van der Waals surface area contributed by atoms with Crippen molar-refractivity contribution in [2.24, 2.45) is 4.99 Å². The molecule has 0 spiro atoms. The fraction of sp³-hybridized carbons (Fsp3) is 0.350. The summed E-state index contributed by atoms with van der Waals surface area (Å²) in [5, 5.41) is 0. The number of fused-ring (bicyclic) bond motifs is 1. The fourth-order valence-electron chi connectivity index (χ4n) is 3.49. The van der Waals surface area contributed by atoms with Crippen LogP contribution in [-0.4, -0.2) is 30.7 Å². The largest absolute Gasteiger partial charge is 0.307 e. The van der Waals surface area contributed by atoms with Crippen molar-refractivity contribution in [1.82, 2.24) is 4.90 Å². The van der Waals surface area contributed by atoms with Gasteiger partial charge in [0.15, 0.2) is 0 Å². The number of nitrogens with zero attached hydrogens (tertiary/aromatic N) is 2. The summed E-state index contributed by atoms with van der Waals surface area (Å²) in [6.07, 6.45) is 1.04. The normalized spacial score (nSPS) is 21.6. The standard InChI is InChI=1S/C20H24N2/c1-15(22(3)4)14-20(17-10-6-5-7-11-17)16(2)21-19-13-9-8-12-18(19)20/h5-13,15H,14H2,1-4H3. The van der Waals surface area contributed by atoms with Crippen LogP contribution in [0, 0.1) is 0 Å². The van der Waals surface area contributed by atoms with E-state index in [-0.39, 0.29) is 5.41 Å². The Kier molecular flexibility index (Phi) is 3.88. The molecule has 1 heterocycles. The van der Waals surface area contributed by atoms with E-state index in [9.17, 15) is 0 Å². The Labute approximate surface area is 133 Å². The van der Waals surface area contributed by atoms with Crippen LogP contribution >= 0.6 is 0 Å². The average Bonchev–Trinajstić information content (AvgIpc) is 2.81. The highest BCUT2D eigenvalue weighted by atomic mass is 15.1. The molecule has 0 fully saturated rings. The van der Waals surface area contributed by atoms with Gasteiger partial charge in [0.05, 0.1) is 11.1 Å². The zero-order chi connectivity index (χ0) is 15.7. The van der Waals surface area contributed by atoms with Gasteiger partial charge in [-0.3, -0.25) is 4.99 Å². The molecule has 22 heavy (non-hydrogen) atoms. The highest BCUT2D eigenvalue weighted by Gasteiger charge is 2.43. The number of aliphatic imine (C=N–C) groups is 1. The molecule has 2 unspecified atom stereocenters. The molecule has 0 N–H and O–H groups in total. The lowest BCUT2D eigenvalue weighted by Gasteiger charge is -2.36. The van der Waals surface area contributed by atoms with Gasteiger partial charge in [-0.2, -0.15) is 0 Å². The zero-order valence-electron chi connectivity index (χ0n) is 13.9. The third-order valence-electron chi connectivity index (χ3n) is 5.02. The molecule has 2 heteroatoms. The van der Waals surface area contributed by atoms with Crippen LogP contribution in [-0.2, 0) is 5.41 Å². The molecule has 3 rings (SSSR count). The van der Waals surface area contributed by atoms with E-state index in [0.717, 1.165) is 12.1 Å². The molecule has 114 valence electrons. The molecular weight excluding hydrogens is 268 g/mol. The second-order valence-corrected chi connectivity index (χ2v) is 6.50. The van der Waals surface area contributed by atoms with Crippen LogP contribution < -0.4 is 0 Å². The molecule has 1 aliphatic rings. The van der Waals surface area contributed by atoms with Crippen molar-refractivity contribution in [2.75, 3.05) is 14.1 Å². The smallest absolute Gasteiger partial charge is 0.0674 e. The monoisotopic (exact) mass is 292 g/mol. The van der Waals surface area contributed by atoms with Gasteiger partial charge in [-0.15, -0.1) is 0 Å². The number of benzene rings is 2. The second-order valence-electron chi connectivity index (χ2n) is 6.50. The first-order chi connectivity index (χ1) is 10.6. The van der Waals surface area contributed by atoms with Crippen molar-refractivity contribution in [3.8, 4) is 0 Å². The van der Waals surface area contributed by atoms with Crippen LogP contribution in [0.1, 0.15) is 31.4 Å². The summed E-state index contributed by atoms with van der Waals surface area (Å²) in [7, 11) is 4.30. The number of para-hydroxylation sites is 1. The third-order valence-corrected chi connectivity index (χ3v) is 5.02. The summed E-state index contributed by atoms with van der Waals surface area (Å²) in [6.45, 7) is 4.47. The van der Waals surface area contributed by atoms with Crippen molar-refractivity contribution in [1.29, 1.82) is 0 Å². The van der Waals surface area contributed by atoms with E-state index in [4.69, 9.17) is 4.99 Å². The van der Waals surface area contributed by atoms with Crippen LogP contribution in [0.25, 0.3) is 0 Å². The minimum atomic E-state index is -0.110. The van der Waals surface area contributed by atoms with E-state index in [0.29, 0.717) is 6.04 Å². The van der Waals surface area contributed by atoms with Gasteiger partial charge < -0.3 is 4.90 Å². The molecule has 2 aromatic rings. The van der Waals surface area contributed by atoms with Crippen LogP contribution in [0.4, 0.5) is 5.69 Å². The molecule has 0 aromatic heterocycles. The Morgan fingerprint density at radius 2 is 1.64 bits per heavy atom. The summed E-state index contributed by atoms with van der Waals surface area (Å²) in [6, 6.07) is 19.9. The molecule has 1 aliphatic heterocycles. The summed E-state index contributed by atoms with van der Waals surface area (Å²) in [5.74, 6) is 0. The van der Waals surface area contributed by atoms with Crippen molar-refractivity contribution in [3.63, 3.8) is 0 Å². The minimum Gasteiger partial charge on any atom is -0.307 e. The summed E-state index contributed by atoms with van der Waals surface area (Å²) in [5.41, 5.74) is 4.90. The Bertz CT molecular complexity index is 688. The lowest BCUT2D eigenvalue weighted by atomic mass is 9.68. The van der Waals surface area contributed by atoms with Gasteiger partial charge in [0.2, 0.25) is 0 Å².